The highest BCUT2D eigenvalue weighted by atomic mass is 16.5. The molecule has 4 rings (SSSR count). The molecule has 25 heavy (non-hydrogen) atoms. The van der Waals surface area contributed by atoms with E-state index in [1.807, 2.05) is 18.2 Å². The fraction of sp³-hybridized carbons (Fsp3) is 0.389. The summed E-state index contributed by atoms with van der Waals surface area (Å²) in [5.74, 6) is 1.09. The van der Waals surface area contributed by atoms with Crippen molar-refractivity contribution in [2.75, 3.05) is 12.3 Å². The fourth-order valence-electron chi connectivity index (χ4n) is 3.28. The molecule has 0 amide bonds. The van der Waals surface area contributed by atoms with Crippen LogP contribution in [0, 0.1) is 0 Å². The Hall–Kier alpha value is -2.83. The maximum atomic E-state index is 12.5. The van der Waals surface area contributed by atoms with Gasteiger partial charge in [0.25, 0.3) is 0 Å². The van der Waals surface area contributed by atoms with Crippen LogP contribution in [0.3, 0.4) is 0 Å². The van der Waals surface area contributed by atoms with Crippen LogP contribution in [-0.2, 0) is 13.0 Å². The third-order valence-electron chi connectivity index (χ3n) is 4.59. The van der Waals surface area contributed by atoms with Crippen molar-refractivity contribution in [2.45, 2.75) is 38.6 Å². The normalized spacial score (nSPS) is 15.5. The highest BCUT2D eigenvalue weighted by Gasteiger charge is 2.15. The number of H-pyrrole nitrogens is 1. The molecule has 0 aliphatic carbocycles. The smallest absolute Gasteiger partial charge is 0.326 e. The summed E-state index contributed by atoms with van der Waals surface area (Å²) in [6.07, 6.45) is 6.84. The zero-order valence-electron chi connectivity index (χ0n) is 14.0. The number of aromatic amines is 1. The molecular weight excluding hydrogens is 318 g/mol. The van der Waals surface area contributed by atoms with Gasteiger partial charge in [-0.15, -0.1) is 0 Å². The van der Waals surface area contributed by atoms with Crippen molar-refractivity contribution in [3.05, 3.63) is 46.3 Å². The standard InChI is InChI=1S/C18H21N5O2/c19-17-16-14-10-12(21-17)6-3-1-2-4-9-25-15-7-5-8-20-13(15)11-23(14)18(24)22-16/h5,7-8,10H,1-4,6,9,11H2,(H2,19,21)(H,22,24). The lowest BCUT2D eigenvalue weighted by Crippen LogP contribution is -2.18. The number of aromatic nitrogens is 4. The first-order valence-corrected chi connectivity index (χ1v) is 8.67. The Morgan fingerprint density at radius 1 is 1.24 bits per heavy atom. The molecule has 0 unspecified atom stereocenters. The number of nitrogens with zero attached hydrogens (tertiary/aromatic N) is 3. The van der Waals surface area contributed by atoms with E-state index in [9.17, 15) is 4.79 Å². The Morgan fingerprint density at radius 2 is 2.12 bits per heavy atom. The molecule has 3 aromatic rings. The van der Waals surface area contributed by atoms with Crippen LogP contribution in [0.5, 0.6) is 5.75 Å². The lowest BCUT2D eigenvalue weighted by molar-refractivity contribution is 0.299. The van der Waals surface area contributed by atoms with Gasteiger partial charge in [0.15, 0.2) is 0 Å². The molecule has 7 heteroatoms. The Bertz CT molecular complexity index is 960. The second-order valence-corrected chi connectivity index (χ2v) is 6.37. The van der Waals surface area contributed by atoms with E-state index in [-0.39, 0.29) is 5.69 Å². The van der Waals surface area contributed by atoms with Crippen molar-refractivity contribution < 1.29 is 4.74 Å². The second kappa shape index (κ2) is 6.58. The van der Waals surface area contributed by atoms with Crippen LogP contribution < -0.4 is 16.2 Å². The molecule has 0 saturated heterocycles. The van der Waals surface area contributed by atoms with E-state index < -0.39 is 0 Å². The summed E-state index contributed by atoms with van der Waals surface area (Å²) < 4.78 is 7.55. The van der Waals surface area contributed by atoms with Crippen molar-refractivity contribution in [3.63, 3.8) is 0 Å². The van der Waals surface area contributed by atoms with Crippen LogP contribution in [0.2, 0.25) is 0 Å². The predicted octanol–water partition coefficient (Wildman–Crippen LogP) is 2.25. The lowest BCUT2D eigenvalue weighted by atomic mass is 10.1. The molecule has 1 aliphatic heterocycles. The van der Waals surface area contributed by atoms with Gasteiger partial charge in [0.2, 0.25) is 0 Å². The number of ether oxygens (including phenoxy) is 1. The van der Waals surface area contributed by atoms with Crippen LogP contribution in [0.15, 0.2) is 29.2 Å². The number of nitrogens with two attached hydrogens (primary N) is 1. The summed E-state index contributed by atoms with van der Waals surface area (Å²) in [5, 5.41) is 0. The molecule has 0 radical (unpaired) electrons. The summed E-state index contributed by atoms with van der Waals surface area (Å²) in [6.45, 7) is 0.991. The van der Waals surface area contributed by atoms with Crippen molar-refractivity contribution in [2.24, 2.45) is 0 Å². The monoisotopic (exact) mass is 339 g/mol. The molecule has 2 bridgehead atoms. The highest BCUT2D eigenvalue weighted by Crippen LogP contribution is 2.22. The van der Waals surface area contributed by atoms with Gasteiger partial charge in [-0.3, -0.25) is 9.55 Å². The number of nitrogen functional groups attached to an aromatic ring is 1. The van der Waals surface area contributed by atoms with Gasteiger partial charge in [-0.1, -0.05) is 12.8 Å². The number of aryl methyl sites for hydroxylation is 1. The van der Waals surface area contributed by atoms with E-state index in [1.165, 1.54) is 0 Å². The first-order chi connectivity index (χ1) is 12.2. The van der Waals surface area contributed by atoms with Gasteiger partial charge in [0.05, 0.1) is 18.7 Å². The Morgan fingerprint density at radius 3 is 3.04 bits per heavy atom. The third kappa shape index (κ3) is 3.09. The summed E-state index contributed by atoms with van der Waals surface area (Å²) >= 11 is 0. The topological polar surface area (TPSA) is 98.8 Å². The predicted molar refractivity (Wildman–Crippen MR) is 95.8 cm³/mol. The highest BCUT2D eigenvalue weighted by molar-refractivity contribution is 5.85. The van der Waals surface area contributed by atoms with Gasteiger partial charge in [-0.2, -0.15) is 0 Å². The lowest BCUT2D eigenvalue weighted by Gasteiger charge is -2.12. The average molecular weight is 339 g/mol. The molecule has 4 heterocycles. The number of fused-ring (bicyclic) bond motifs is 2. The van der Waals surface area contributed by atoms with Crippen LogP contribution in [0.1, 0.15) is 37.1 Å². The molecule has 1 aliphatic rings. The van der Waals surface area contributed by atoms with E-state index in [1.54, 1.807) is 10.8 Å². The maximum Gasteiger partial charge on any atom is 0.326 e. The largest absolute Gasteiger partial charge is 0.492 e. The van der Waals surface area contributed by atoms with Gasteiger partial charge in [0, 0.05) is 11.9 Å². The fourth-order valence-corrected chi connectivity index (χ4v) is 3.28. The number of pyridine rings is 2. The number of anilines is 1. The van der Waals surface area contributed by atoms with E-state index in [4.69, 9.17) is 10.5 Å². The Balaban J connectivity index is 1.85. The van der Waals surface area contributed by atoms with Gasteiger partial charge in [-0.05, 0) is 37.5 Å². The molecule has 0 aromatic carbocycles. The maximum absolute atomic E-state index is 12.5. The zero-order chi connectivity index (χ0) is 17.2. The summed E-state index contributed by atoms with van der Waals surface area (Å²) in [5.41, 5.74) is 8.86. The Kier molecular flexibility index (Phi) is 4.13. The minimum atomic E-state index is -0.218. The van der Waals surface area contributed by atoms with Crippen LogP contribution in [0.25, 0.3) is 11.0 Å². The Labute approximate surface area is 144 Å². The molecule has 0 saturated carbocycles. The minimum absolute atomic E-state index is 0.218. The van der Waals surface area contributed by atoms with Gasteiger partial charge >= 0.3 is 5.69 Å². The van der Waals surface area contributed by atoms with Crippen molar-refractivity contribution in [3.8, 4) is 5.75 Å². The molecule has 130 valence electrons. The second-order valence-electron chi connectivity index (χ2n) is 6.37. The molecule has 0 spiro atoms. The van der Waals surface area contributed by atoms with Gasteiger partial charge in [0.1, 0.15) is 22.8 Å². The molecular formula is C18H21N5O2. The number of rotatable bonds is 0. The molecule has 0 atom stereocenters. The quantitative estimate of drug-likeness (QED) is 0.654. The SMILES string of the molecule is Nc1nc2cc3c1[nH]c(=O)n3Cc1ncccc1OCCCCCC2. The first-order valence-electron chi connectivity index (χ1n) is 8.67. The average Bonchev–Trinajstić information content (AvgIpc) is 2.92. The summed E-state index contributed by atoms with van der Waals surface area (Å²) in [7, 11) is 0. The van der Waals surface area contributed by atoms with Crippen LogP contribution in [0.4, 0.5) is 5.82 Å². The number of imidazole rings is 1. The van der Waals surface area contributed by atoms with Crippen molar-refractivity contribution in [1.29, 1.82) is 0 Å². The van der Waals surface area contributed by atoms with Crippen molar-refractivity contribution >= 4 is 16.9 Å². The van der Waals surface area contributed by atoms with Crippen molar-refractivity contribution in [1.82, 2.24) is 19.5 Å². The number of hydrogen-bond acceptors (Lipinski definition) is 5. The van der Waals surface area contributed by atoms with E-state index in [2.05, 4.69) is 15.0 Å². The first kappa shape index (κ1) is 15.7. The van der Waals surface area contributed by atoms with E-state index >= 15 is 0 Å². The molecule has 7 nitrogen and oxygen atoms in total. The third-order valence-corrected chi connectivity index (χ3v) is 4.59. The van der Waals surface area contributed by atoms with Crippen LogP contribution in [-0.4, -0.2) is 26.1 Å². The van der Waals surface area contributed by atoms with E-state index in [0.717, 1.165) is 54.8 Å². The van der Waals surface area contributed by atoms with Crippen LogP contribution >= 0.6 is 0 Å². The minimum Gasteiger partial charge on any atom is -0.492 e. The number of hydrogen-bond donors (Lipinski definition) is 2. The molecule has 3 N–H and O–H groups in total. The summed E-state index contributed by atoms with van der Waals surface area (Å²) in [6, 6.07) is 5.70. The van der Waals surface area contributed by atoms with Gasteiger partial charge < -0.3 is 15.5 Å². The summed E-state index contributed by atoms with van der Waals surface area (Å²) in [4.78, 5) is 24.1. The zero-order valence-corrected chi connectivity index (χ0v) is 14.0. The van der Waals surface area contributed by atoms with Gasteiger partial charge in [-0.25, -0.2) is 9.78 Å². The number of nitrogens with one attached hydrogen (secondary N) is 1. The molecule has 0 fully saturated rings. The molecule has 3 aromatic heterocycles. The van der Waals surface area contributed by atoms with E-state index in [0.29, 0.717) is 24.5 Å².